The van der Waals surface area contributed by atoms with E-state index in [1.54, 1.807) is 18.0 Å². The third-order valence-corrected chi connectivity index (χ3v) is 4.30. The lowest BCUT2D eigenvalue weighted by Crippen LogP contribution is -1.97. The van der Waals surface area contributed by atoms with Crippen LogP contribution in [-0.4, -0.2) is 9.55 Å². The van der Waals surface area contributed by atoms with Gasteiger partial charge in [0.15, 0.2) is 0 Å². The Hall–Kier alpha value is -1.71. The molecule has 0 saturated heterocycles. The molecule has 1 aromatic heterocycles. The van der Waals surface area contributed by atoms with Crippen LogP contribution < -0.4 is 0 Å². The monoisotopic (exact) mass is 300 g/mol. The smallest absolute Gasteiger partial charge is 0.0949 e. The van der Waals surface area contributed by atoms with E-state index in [0.29, 0.717) is 0 Å². The maximum atomic E-state index is 5.92. The largest absolute Gasteiger partial charge is 0.333 e. The zero-order valence-electron chi connectivity index (χ0n) is 10.7. The van der Waals surface area contributed by atoms with Crippen molar-refractivity contribution < 1.29 is 0 Å². The summed E-state index contributed by atoms with van der Waals surface area (Å²) in [6, 6.07) is 16.4. The highest BCUT2D eigenvalue weighted by Crippen LogP contribution is 2.31. The Kier molecular flexibility index (Phi) is 4.09. The molecule has 0 saturated carbocycles. The molecule has 0 aliphatic heterocycles. The van der Waals surface area contributed by atoms with Crippen LogP contribution in [0.15, 0.2) is 77.0 Å². The number of hydrogen-bond donors (Lipinski definition) is 0. The summed E-state index contributed by atoms with van der Waals surface area (Å²) in [6.45, 7) is 0.830. The molecule has 0 spiro atoms. The average molecular weight is 301 g/mol. The van der Waals surface area contributed by atoms with Crippen molar-refractivity contribution in [1.82, 2.24) is 9.55 Å². The van der Waals surface area contributed by atoms with E-state index in [1.165, 1.54) is 15.4 Å². The van der Waals surface area contributed by atoms with Crippen LogP contribution in [0.4, 0.5) is 0 Å². The van der Waals surface area contributed by atoms with Crippen LogP contribution in [0, 0.1) is 0 Å². The lowest BCUT2D eigenvalue weighted by molar-refractivity contribution is 0.784. The highest BCUT2D eigenvalue weighted by atomic mass is 35.5. The standard InChI is InChI=1S/C16H13ClN2S/c17-14-5-7-15(8-6-14)20-16-4-2-1-3-13(16)11-19-10-9-18-12-19/h1-10,12H,11H2. The Bertz CT molecular complexity index is 678. The Balaban J connectivity index is 1.84. The van der Waals surface area contributed by atoms with Crippen LogP contribution in [-0.2, 0) is 6.54 Å². The molecule has 4 heteroatoms. The van der Waals surface area contributed by atoms with Crippen LogP contribution in [0.1, 0.15) is 5.56 Å². The van der Waals surface area contributed by atoms with Crippen LogP contribution in [0.3, 0.4) is 0 Å². The molecule has 0 fully saturated rings. The fraction of sp³-hybridized carbons (Fsp3) is 0.0625. The highest BCUT2D eigenvalue weighted by Gasteiger charge is 2.04. The molecule has 3 rings (SSSR count). The minimum atomic E-state index is 0.765. The molecule has 0 aliphatic rings. The minimum Gasteiger partial charge on any atom is -0.333 e. The van der Waals surface area contributed by atoms with E-state index in [-0.39, 0.29) is 0 Å². The molecule has 0 amide bonds. The van der Waals surface area contributed by atoms with Crippen LogP contribution in [0.5, 0.6) is 0 Å². The van der Waals surface area contributed by atoms with E-state index in [0.717, 1.165) is 11.6 Å². The number of benzene rings is 2. The third kappa shape index (κ3) is 3.24. The van der Waals surface area contributed by atoms with Gasteiger partial charge in [-0.3, -0.25) is 0 Å². The first-order valence-electron chi connectivity index (χ1n) is 6.28. The van der Waals surface area contributed by atoms with Crippen molar-refractivity contribution in [2.45, 2.75) is 16.3 Å². The molecule has 2 nitrogen and oxygen atoms in total. The van der Waals surface area contributed by atoms with Crippen molar-refractivity contribution in [2.75, 3.05) is 0 Å². The van der Waals surface area contributed by atoms with Gasteiger partial charge >= 0.3 is 0 Å². The second-order valence-corrected chi connectivity index (χ2v) is 5.95. The number of hydrogen-bond acceptors (Lipinski definition) is 2. The number of aromatic nitrogens is 2. The normalized spacial score (nSPS) is 10.7. The molecular weight excluding hydrogens is 288 g/mol. The van der Waals surface area contributed by atoms with Crippen molar-refractivity contribution >= 4 is 23.4 Å². The second-order valence-electron chi connectivity index (χ2n) is 4.40. The van der Waals surface area contributed by atoms with Gasteiger partial charge in [-0.2, -0.15) is 0 Å². The molecule has 0 aliphatic carbocycles. The Labute approximate surface area is 127 Å². The molecule has 3 aromatic rings. The molecule has 0 N–H and O–H groups in total. The lowest BCUT2D eigenvalue weighted by Gasteiger charge is -2.09. The number of rotatable bonds is 4. The summed E-state index contributed by atoms with van der Waals surface area (Å²) in [5.41, 5.74) is 1.28. The summed E-state index contributed by atoms with van der Waals surface area (Å²) in [4.78, 5) is 6.52. The van der Waals surface area contributed by atoms with E-state index in [2.05, 4.69) is 33.8 Å². The molecular formula is C16H13ClN2S. The molecule has 2 aromatic carbocycles. The van der Waals surface area contributed by atoms with Gasteiger partial charge in [-0.1, -0.05) is 41.6 Å². The maximum absolute atomic E-state index is 5.92. The summed E-state index contributed by atoms with van der Waals surface area (Å²) in [6.07, 6.45) is 5.61. The number of halogens is 1. The zero-order valence-corrected chi connectivity index (χ0v) is 12.3. The predicted octanol–water partition coefficient (Wildman–Crippen LogP) is 4.74. The minimum absolute atomic E-state index is 0.765. The van der Waals surface area contributed by atoms with Gasteiger partial charge < -0.3 is 4.57 Å². The van der Waals surface area contributed by atoms with E-state index in [9.17, 15) is 0 Å². The SMILES string of the molecule is Clc1ccc(Sc2ccccc2Cn2ccnc2)cc1. The molecule has 20 heavy (non-hydrogen) atoms. The molecule has 0 radical (unpaired) electrons. The van der Waals surface area contributed by atoms with E-state index in [4.69, 9.17) is 11.6 Å². The Morgan fingerprint density at radius 2 is 1.85 bits per heavy atom. The van der Waals surface area contributed by atoms with Gasteiger partial charge in [0.05, 0.1) is 6.33 Å². The second kappa shape index (κ2) is 6.16. The molecule has 0 atom stereocenters. The fourth-order valence-electron chi connectivity index (χ4n) is 1.94. The topological polar surface area (TPSA) is 17.8 Å². The van der Waals surface area contributed by atoms with Gasteiger partial charge in [-0.25, -0.2) is 4.98 Å². The van der Waals surface area contributed by atoms with Crippen molar-refractivity contribution in [1.29, 1.82) is 0 Å². The van der Waals surface area contributed by atoms with E-state index < -0.39 is 0 Å². The molecule has 0 bridgehead atoms. The van der Waals surface area contributed by atoms with Gasteiger partial charge in [0.1, 0.15) is 0 Å². The first-order chi connectivity index (χ1) is 9.81. The van der Waals surface area contributed by atoms with Gasteiger partial charge in [0.2, 0.25) is 0 Å². The van der Waals surface area contributed by atoms with Gasteiger partial charge in [0, 0.05) is 33.8 Å². The molecule has 100 valence electrons. The quantitative estimate of drug-likeness (QED) is 0.693. The predicted molar refractivity (Wildman–Crippen MR) is 83.3 cm³/mol. The van der Waals surface area contributed by atoms with E-state index in [1.807, 2.05) is 36.8 Å². The van der Waals surface area contributed by atoms with Crippen molar-refractivity contribution in [3.8, 4) is 0 Å². The number of nitrogens with zero attached hydrogens (tertiary/aromatic N) is 2. The lowest BCUT2D eigenvalue weighted by atomic mass is 10.2. The van der Waals surface area contributed by atoms with Crippen molar-refractivity contribution in [3.05, 3.63) is 77.8 Å². The van der Waals surface area contributed by atoms with Crippen LogP contribution in [0.25, 0.3) is 0 Å². The van der Waals surface area contributed by atoms with Gasteiger partial charge in [-0.05, 0) is 35.9 Å². The fourth-order valence-corrected chi connectivity index (χ4v) is 3.00. The number of imidazole rings is 1. The first-order valence-corrected chi connectivity index (χ1v) is 7.48. The summed E-state index contributed by atoms with van der Waals surface area (Å²) < 4.78 is 2.07. The van der Waals surface area contributed by atoms with E-state index >= 15 is 0 Å². The van der Waals surface area contributed by atoms with Crippen molar-refractivity contribution in [2.24, 2.45) is 0 Å². The third-order valence-electron chi connectivity index (χ3n) is 2.93. The summed E-state index contributed by atoms with van der Waals surface area (Å²) in [5.74, 6) is 0. The zero-order chi connectivity index (χ0) is 13.8. The summed E-state index contributed by atoms with van der Waals surface area (Å²) >= 11 is 7.67. The average Bonchev–Trinajstić information content (AvgIpc) is 2.96. The highest BCUT2D eigenvalue weighted by molar-refractivity contribution is 7.99. The molecule has 0 unspecified atom stereocenters. The maximum Gasteiger partial charge on any atom is 0.0949 e. The van der Waals surface area contributed by atoms with Gasteiger partial charge in [0.25, 0.3) is 0 Å². The van der Waals surface area contributed by atoms with Gasteiger partial charge in [-0.15, -0.1) is 0 Å². The summed E-state index contributed by atoms with van der Waals surface area (Å²) in [7, 11) is 0. The van der Waals surface area contributed by atoms with Crippen LogP contribution in [0.2, 0.25) is 5.02 Å². The summed E-state index contributed by atoms with van der Waals surface area (Å²) in [5, 5.41) is 0.765. The Morgan fingerprint density at radius 1 is 1.05 bits per heavy atom. The van der Waals surface area contributed by atoms with Crippen molar-refractivity contribution in [3.63, 3.8) is 0 Å². The van der Waals surface area contributed by atoms with Crippen LogP contribution >= 0.6 is 23.4 Å². The molecule has 1 heterocycles. The first kappa shape index (κ1) is 13.3. The Morgan fingerprint density at radius 3 is 2.60 bits per heavy atom.